The second kappa shape index (κ2) is 11.3. The van der Waals surface area contributed by atoms with Crippen molar-refractivity contribution in [1.29, 1.82) is 0 Å². The summed E-state index contributed by atoms with van der Waals surface area (Å²) >= 11 is 4.26. The van der Waals surface area contributed by atoms with Gasteiger partial charge in [0, 0.05) is 36.8 Å². The summed E-state index contributed by atoms with van der Waals surface area (Å²) in [4.78, 5) is 2.05. The highest BCUT2D eigenvalue weighted by molar-refractivity contribution is 7.90. The molecule has 1 aliphatic rings. The number of thiol groups is 1. The van der Waals surface area contributed by atoms with Crippen molar-refractivity contribution in [2.24, 2.45) is 5.92 Å². The van der Waals surface area contributed by atoms with Gasteiger partial charge in [0.05, 0.1) is 16.7 Å². The van der Waals surface area contributed by atoms with Crippen LogP contribution in [0.1, 0.15) is 26.3 Å². The first-order chi connectivity index (χ1) is 17.5. The van der Waals surface area contributed by atoms with Crippen LogP contribution in [0.4, 0.5) is 18.9 Å². The molecular weight excluding hydrogens is 563 g/mol. The van der Waals surface area contributed by atoms with Crippen LogP contribution in [0.2, 0.25) is 0 Å². The smallest absolute Gasteiger partial charge is 0.376 e. The molecule has 2 aromatic carbocycles. The largest absolute Gasteiger partial charge is 0.421 e. The maximum absolute atomic E-state index is 13.4. The Morgan fingerprint density at radius 2 is 1.66 bits per heavy atom. The third kappa shape index (κ3) is 6.83. The highest BCUT2D eigenvalue weighted by Gasteiger charge is 2.51. The monoisotopic (exact) mass is 595 g/mol. The Labute approximate surface area is 227 Å². The van der Waals surface area contributed by atoms with Gasteiger partial charge in [-0.15, -0.1) is 12.6 Å². The predicted octanol–water partition coefficient (Wildman–Crippen LogP) is 3.20. The summed E-state index contributed by atoms with van der Waals surface area (Å²) in [5.41, 5.74) is -2.94. The topological polar surface area (TPSA) is 107 Å². The lowest BCUT2D eigenvalue weighted by Gasteiger charge is -2.42. The summed E-state index contributed by atoms with van der Waals surface area (Å²) in [6, 6.07) is 10.7. The van der Waals surface area contributed by atoms with Gasteiger partial charge >= 0.3 is 6.18 Å². The molecule has 1 aliphatic heterocycles. The van der Waals surface area contributed by atoms with Gasteiger partial charge in [-0.3, -0.25) is 0 Å². The van der Waals surface area contributed by atoms with Crippen LogP contribution < -0.4 is 9.62 Å². The van der Waals surface area contributed by atoms with Gasteiger partial charge in [-0.2, -0.15) is 17.5 Å². The molecule has 1 heterocycles. The average Bonchev–Trinajstić information content (AvgIpc) is 2.81. The Morgan fingerprint density at radius 1 is 1.05 bits per heavy atom. The van der Waals surface area contributed by atoms with E-state index in [1.165, 1.54) is 22.5 Å². The SMILES string of the molecule is CC(C)CS(=O)(=O)NC[C@H]1CN(S(=O)(=O)c2ccccc2S)CCN1c1ccc([C@@](C)(O)C(F)(F)F)cc1. The molecule has 0 amide bonds. The lowest BCUT2D eigenvalue weighted by Crippen LogP contribution is -2.58. The molecule has 212 valence electrons. The van der Waals surface area contributed by atoms with E-state index in [0.29, 0.717) is 12.6 Å². The standard InChI is InChI=1S/C24H32F3N3O5S3/c1-17(2)16-37(32,33)28-14-20-15-29(38(34,35)22-7-5-4-6-21(22)36)12-13-30(20)19-10-8-18(9-11-19)23(3,31)24(25,26)27/h4-11,17,20,28,31,36H,12-16H2,1-3H3/t20-,23+/m0/s1. The number of sulfonamides is 2. The van der Waals surface area contributed by atoms with E-state index >= 15 is 0 Å². The number of nitrogens with one attached hydrogen (secondary N) is 1. The minimum atomic E-state index is -4.88. The zero-order chi connectivity index (χ0) is 28.5. The van der Waals surface area contributed by atoms with Crippen LogP contribution in [0.25, 0.3) is 0 Å². The number of nitrogens with zero attached hydrogens (tertiary/aromatic N) is 2. The second-order valence-electron chi connectivity index (χ2n) is 9.82. The van der Waals surface area contributed by atoms with E-state index < -0.39 is 37.9 Å². The second-order valence-corrected chi connectivity index (χ2v) is 14.1. The maximum atomic E-state index is 13.4. The average molecular weight is 596 g/mol. The van der Waals surface area contributed by atoms with Crippen molar-refractivity contribution >= 4 is 38.4 Å². The minimum Gasteiger partial charge on any atom is -0.376 e. The molecule has 1 saturated heterocycles. The van der Waals surface area contributed by atoms with Gasteiger partial charge in [-0.05, 0) is 42.7 Å². The molecule has 2 aromatic rings. The number of piperazine rings is 1. The van der Waals surface area contributed by atoms with E-state index in [4.69, 9.17) is 0 Å². The molecule has 0 aromatic heterocycles. The third-order valence-electron chi connectivity index (χ3n) is 6.33. The zero-order valence-electron chi connectivity index (χ0n) is 21.2. The fourth-order valence-corrected chi connectivity index (χ4v) is 7.74. The van der Waals surface area contributed by atoms with E-state index in [1.807, 2.05) is 0 Å². The number of benzene rings is 2. The zero-order valence-corrected chi connectivity index (χ0v) is 23.7. The summed E-state index contributed by atoms with van der Waals surface area (Å²) in [7, 11) is -7.61. The molecule has 2 N–H and O–H groups in total. The Morgan fingerprint density at radius 3 is 2.21 bits per heavy atom. The Bertz CT molecular complexity index is 1330. The van der Waals surface area contributed by atoms with Crippen LogP contribution in [0, 0.1) is 5.92 Å². The van der Waals surface area contributed by atoms with E-state index in [2.05, 4.69) is 17.4 Å². The summed E-state index contributed by atoms with van der Waals surface area (Å²) < 4.78 is 95.4. The highest BCUT2D eigenvalue weighted by atomic mass is 32.2. The number of anilines is 1. The molecule has 0 unspecified atom stereocenters. The normalized spacial score (nSPS) is 19.5. The molecule has 0 spiro atoms. The highest BCUT2D eigenvalue weighted by Crippen LogP contribution is 2.39. The van der Waals surface area contributed by atoms with Crippen molar-refractivity contribution in [1.82, 2.24) is 9.03 Å². The molecule has 1 fully saturated rings. The quantitative estimate of drug-likeness (QED) is 0.385. The van der Waals surface area contributed by atoms with Crippen molar-refractivity contribution in [3.05, 3.63) is 54.1 Å². The lowest BCUT2D eigenvalue weighted by atomic mass is 9.95. The van der Waals surface area contributed by atoms with Crippen LogP contribution in [0.5, 0.6) is 0 Å². The molecule has 8 nitrogen and oxygen atoms in total. The van der Waals surface area contributed by atoms with Gasteiger partial charge in [0.25, 0.3) is 0 Å². The summed E-state index contributed by atoms with van der Waals surface area (Å²) in [5.74, 6) is -0.247. The Kier molecular flexibility index (Phi) is 9.16. The maximum Gasteiger partial charge on any atom is 0.421 e. The van der Waals surface area contributed by atoms with Crippen molar-refractivity contribution < 1.29 is 35.1 Å². The van der Waals surface area contributed by atoms with Crippen molar-refractivity contribution in [3.8, 4) is 0 Å². The van der Waals surface area contributed by atoms with Crippen LogP contribution in [-0.4, -0.2) is 70.4 Å². The van der Waals surface area contributed by atoms with Crippen molar-refractivity contribution in [2.45, 2.75) is 48.4 Å². The van der Waals surface area contributed by atoms with Crippen LogP contribution in [0.3, 0.4) is 0 Å². The van der Waals surface area contributed by atoms with Crippen LogP contribution >= 0.6 is 12.6 Å². The van der Waals surface area contributed by atoms with Crippen LogP contribution in [-0.2, 0) is 25.6 Å². The number of hydrogen-bond acceptors (Lipinski definition) is 7. The summed E-state index contributed by atoms with van der Waals surface area (Å²) in [5, 5.41) is 9.98. The molecule has 3 rings (SSSR count). The third-order valence-corrected chi connectivity index (χ3v) is 10.5. The first-order valence-electron chi connectivity index (χ1n) is 11.9. The van der Waals surface area contributed by atoms with Gasteiger partial charge in [-0.1, -0.05) is 38.1 Å². The molecule has 0 saturated carbocycles. The van der Waals surface area contributed by atoms with Gasteiger partial charge in [0.15, 0.2) is 5.60 Å². The molecule has 2 atom stereocenters. The lowest BCUT2D eigenvalue weighted by molar-refractivity contribution is -0.258. The van der Waals surface area contributed by atoms with Gasteiger partial charge in [-0.25, -0.2) is 21.6 Å². The fraction of sp³-hybridized carbons (Fsp3) is 0.500. The molecule has 0 aliphatic carbocycles. The number of alkyl halides is 3. The van der Waals surface area contributed by atoms with Crippen molar-refractivity contribution in [2.75, 3.05) is 36.8 Å². The molecule has 0 radical (unpaired) electrons. The van der Waals surface area contributed by atoms with E-state index in [9.17, 15) is 35.1 Å². The van der Waals surface area contributed by atoms with Gasteiger partial charge in [0.1, 0.15) is 0 Å². The Hall–Kier alpha value is -1.84. The number of hydrogen-bond donors (Lipinski definition) is 3. The first-order valence-corrected chi connectivity index (χ1v) is 15.4. The number of rotatable bonds is 9. The van der Waals surface area contributed by atoms with E-state index in [-0.39, 0.29) is 53.2 Å². The summed E-state index contributed by atoms with van der Waals surface area (Å²) in [6.07, 6.45) is -4.88. The molecule has 38 heavy (non-hydrogen) atoms. The number of halogens is 3. The van der Waals surface area contributed by atoms with E-state index in [1.54, 1.807) is 36.9 Å². The molecule has 14 heteroatoms. The Balaban J connectivity index is 1.91. The number of aliphatic hydroxyl groups is 1. The summed E-state index contributed by atoms with van der Waals surface area (Å²) in [6.45, 7) is 4.19. The predicted molar refractivity (Wildman–Crippen MR) is 142 cm³/mol. The molecule has 0 bridgehead atoms. The van der Waals surface area contributed by atoms with Gasteiger partial charge < -0.3 is 10.0 Å². The molecular formula is C24H32F3N3O5S3. The first kappa shape index (κ1) is 30.7. The van der Waals surface area contributed by atoms with Crippen molar-refractivity contribution in [3.63, 3.8) is 0 Å². The minimum absolute atomic E-state index is 0.0228. The fourth-order valence-electron chi connectivity index (χ4n) is 4.24. The van der Waals surface area contributed by atoms with Gasteiger partial charge in [0.2, 0.25) is 20.0 Å². The van der Waals surface area contributed by atoms with E-state index in [0.717, 1.165) is 12.1 Å². The van der Waals surface area contributed by atoms with Crippen LogP contribution in [0.15, 0.2) is 58.3 Å².